The van der Waals surface area contributed by atoms with Gasteiger partial charge in [0.25, 0.3) is 0 Å². The van der Waals surface area contributed by atoms with Crippen LogP contribution in [-0.4, -0.2) is 24.7 Å². The van der Waals surface area contributed by atoms with Crippen molar-refractivity contribution in [1.82, 2.24) is 5.32 Å². The van der Waals surface area contributed by atoms with E-state index in [1.807, 2.05) is 6.07 Å². The van der Waals surface area contributed by atoms with E-state index < -0.39 is 0 Å². The first-order chi connectivity index (χ1) is 10.7. The minimum Gasteiger partial charge on any atom is -0.381 e. The maximum absolute atomic E-state index is 13.3. The summed E-state index contributed by atoms with van der Waals surface area (Å²) >= 11 is 0. The Morgan fingerprint density at radius 2 is 2.27 bits per heavy atom. The zero-order valence-corrected chi connectivity index (χ0v) is 12.9. The Bertz CT molecular complexity index is 522. The van der Waals surface area contributed by atoms with E-state index in [9.17, 15) is 9.18 Å². The third-order valence-electron chi connectivity index (χ3n) is 4.95. The van der Waals surface area contributed by atoms with Gasteiger partial charge in [-0.2, -0.15) is 0 Å². The lowest BCUT2D eigenvalue weighted by molar-refractivity contribution is -0.124. The maximum Gasteiger partial charge on any atom is 0.220 e. The van der Waals surface area contributed by atoms with Gasteiger partial charge in [0.1, 0.15) is 5.82 Å². The van der Waals surface area contributed by atoms with Crippen molar-refractivity contribution in [2.24, 2.45) is 5.92 Å². The van der Waals surface area contributed by atoms with Crippen LogP contribution in [0.15, 0.2) is 24.3 Å². The average Bonchev–Trinajstić information content (AvgIpc) is 2.96. The van der Waals surface area contributed by atoms with Crippen LogP contribution in [0.2, 0.25) is 0 Å². The predicted octanol–water partition coefficient (Wildman–Crippen LogP) is 3.22. The van der Waals surface area contributed by atoms with Crippen molar-refractivity contribution in [2.45, 2.75) is 50.5 Å². The van der Waals surface area contributed by atoms with Crippen molar-refractivity contribution in [3.8, 4) is 0 Å². The third kappa shape index (κ3) is 3.86. The summed E-state index contributed by atoms with van der Waals surface area (Å²) < 4.78 is 18.7. The predicted molar refractivity (Wildman–Crippen MR) is 83.0 cm³/mol. The summed E-state index contributed by atoms with van der Waals surface area (Å²) in [6.07, 6.45) is 6.38. The molecule has 4 heteroatoms. The zero-order valence-electron chi connectivity index (χ0n) is 12.9. The molecule has 1 heterocycles. The lowest BCUT2D eigenvalue weighted by Crippen LogP contribution is -2.55. The number of nitrogens with one attached hydrogen (secondary N) is 1. The number of carbonyl (C=O) groups excluding carboxylic acids is 1. The fourth-order valence-electron chi connectivity index (χ4n) is 3.49. The van der Waals surface area contributed by atoms with Crippen molar-refractivity contribution < 1.29 is 13.9 Å². The molecule has 1 aromatic carbocycles. The summed E-state index contributed by atoms with van der Waals surface area (Å²) in [4.78, 5) is 12.2. The fourth-order valence-corrected chi connectivity index (χ4v) is 3.49. The molecule has 1 saturated carbocycles. The Hall–Kier alpha value is -1.42. The van der Waals surface area contributed by atoms with E-state index >= 15 is 0 Å². The van der Waals surface area contributed by atoms with Crippen molar-refractivity contribution in [3.63, 3.8) is 0 Å². The minimum absolute atomic E-state index is 0.128. The van der Waals surface area contributed by atoms with E-state index in [-0.39, 0.29) is 17.3 Å². The molecule has 0 bridgehead atoms. The van der Waals surface area contributed by atoms with Crippen LogP contribution in [0, 0.1) is 11.7 Å². The summed E-state index contributed by atoms with van der Waals surface area (Å²) in [5.74, 6) is 0.453. The van der Waals surface area contributed by atoms with Gasteiger partial charge in [-0.3, -0.25) is 4.79 Å². The van der Waals surface area contributed by atoms with Crippen molar-refractivity contribution in [2.75, 3.05) is 13.2 Å². The molecule has 0 radical (unpaired) electrons. The van der Waals surface area contributed by atoms with Crippen LogP contribution in [0.4, 0.5) is 4.39 Å². The van der Waals surface area contributed by atoms with Crippen LogP contribution in [0.1, 0.15) is 44.1 Å². The lowest BCUT2D eigenvalue weighted by Gasteiger charge is -2.43. The number of hydrogen-bond donors (Lipinski definition) is 1. The Kier molecular flexibility index (Phi) is 4.77. The second kappa shape index (κ2) is 6.78. The normalized spacial score (nSPS) is 23.0. The molecule has 1 atom stereocenters. The molecule has 2 aliphatic rings. The Morgan fingerprint density at radius 3 is 2.91 bits per heavy atom. The SMILES string of the molecule is O=C(CC[C@@H]1CCOC1)NC1(Cc2cccc(F)c2)CCC1. The van der Waals surface area contributed by atoms with Crippen LogP contribution in [-0.2, 0) is 16.0 Å². The largest absolute Gasteiger partial charge is 0.381 e. The third-order valence-corrected chi connectivity index (χ3v) is 4.95. The molecule has 3 rings (SSSR count). The van der Waals surface area contributed by atoms with Crippen LogP contribution in [0.3, 0.4) is 0 Å². The van der Waals surface area contributed by atoms with E-state index in [0.29, 0.717) is 12.3 Å². The molecule has 2 fully saturated rings. The molecule has 0 aromatic heterocycles. The fraction of sp³-hybridized carbons (Fsp3) is 0.611. The molecule has 1 N–H and O–H groups in total. The summed E-state index contributed by atoms with van der Waals surface area (Å²) in [6, 6.07) is 6.70. The van der Waals surface area contributed by atoms with Gasteiger partial charge >= 0.3 is 0 Å². The highest BCUT2D eigenvalue weighted by Gasteiger charge is 2.38. The quantitative estimate of drug-likeness (QED) is 0.876. The van der Waals surface area contributed by atoms with Gasteiger partial charge in [0.2, 0.25) is 5.91 Å². The number of halogens is 1. The van der Waals surface area contributed by atoms with Gasteiger partial charge in [-0.05, 0) is 62.1 Å². The lowest BCUT2D eigenvalue weighted by atomic mass is 9.72. The van der Waals surface area contributed by atoms with E-state index in [0.717, 1.165) is 57.3 Å². The average molecular weight is 305 g/mol. The number of benzene rings is 1. The monoisotopic (exact) mass is 305 g/mol. The van der Waals surface area contributed by atoms with E-state index in [4.69, 9.17) is 4.74 Å². The van der Waals surface area contributed by atoms with Crippen LogP contribution in [0.25, 0.3) is 0 Å². The molecule has 1 aliphatic carbocycles. The first kappa shape index (κ1) is 15.5. The van der Waals surface area contributed by atoms with Gasteiger partial charge in [0.15, 0.2) is 0 Å². The second-order valence-corrected chi connectivity index (χ2v) is 6.76. The number of ether oxygens (including phenoxy) is 1. The zero-order chi connectivity index (χ0) is 15.4. The smallest absolute Gasteiger partial charge is 0.220 e. The highest BCUT2D eigenvalue weighted by molar-refractivity contribution is 5.77. The molecular weight excluding hydrogens is 281 g/mol. The van der Waals surface area contributed by atoms with Gasteiger partial charge < -0.3 is 10.1 Å². The van der Waals surface area contributed by atoms with Gasteiger partial charge in [-0.25, -0.2) is 4.39 Å². The number of amides is 1. The van der Waals surface area contributed by atoms with Crippen LogP contribution in [0.5, 0.6) is 0 Å². The van der Waals surface area contributed by atoms with Crippen LogP contribution < -0.4 is 5.32 Å². The highest BCUT2D eigenvalue weighted by atomic mass is 19.1. The molecule has 120 valence electrons. The van der Waals surface area contributed by atoms with E-state index in [1.54, 1.807) is 12.1 Å². The topological polar surface area (TPSA) is 38.3 Å². The second-order valence-electron chi connectivity index (χ2n) is 6.76. The molecule has 1 aromatic rings. The Balaban J connectivity index is 1.52. The first-order valence-corrected chi connectivity index (χ1v) is 8.28. The first-order valence-electron chi connectivity index (χ1n) is 8.28. The minimum atomic E-state index is -0.209. The van der Waals surface area contributed by atoms with E-state index in [1.165, 1.54) is 6.07 Å². The Labute approximate surface area is 131 Å². The highest BCUT2D eigenvalue weighted by Crippen LogP contribution is 2.35. The van der Waals surface area contributed by atoms with Gasteiger partial charge in [0, 0.05) is 25.2 Å². The number of carbonyl (C=O) groups is 1. The van der Waals surface area contributed by atoms with E-state index in [2.05, 4.69) is 5.32 Å². The number of rotatable bonds is 6. The molecule has 3 nitrogen and oxygen atoms in total. The van der Waals surface area contributed by atoms with Gasteiger partial charge in [-0.1, -0.05) is 12.1 Å². The molecule has 22 heavy (non-hydrogen) atoms. The summed E-state index contributed by atoms with van der Waals surface area (Å²) in [6.45, 7) is 1.62. The van der Waals surface area contributed by atoms with Gasteiger partial charge in [0.05, 0.1) is 0 Å². The number of hydrogen-bond acceptors (Lipinski definition) is 2. The van der Waals surface area contributed by atoms with Crippen molar-refractivity contribution in [3.05, 3.63) is 35.6 Å². The summed E-state index contributed by atoms with van der Waals surface area (Å²) in [7, 11) is 0. The van der Waals surface area contributed by atoms with Gasteiger partial charge in [-0.15, -0.1) is 0 Å². The summed E-state index contributed by atoms with van der Waals surface area (Å²) in [5.41, 5.74) is 0.807. The Morgan fingerprint density at radius 1 is 1.41 bits per heavy atom. The molecular formula is C18H24FNO2. The van der Waals surface area contributed by atoms with Crippen molar-refractivity contribution in [1.29, 1.82) is 0 Å². The van der Waals surface area contributed by atoms with Crippen LogP contribution >= 0.6 is 0 Å². The standard InChI is InChI=1S/C18H24FNO2/c19-16-4-1-3-15(11-16)12-18(8-2-9-18)20-17(21)6-5-14-7-10-22-13-14/h1,3-4,11,14H,2,5-10,12-13H2,(H,20,21)/t14-/m1/s1. The molecule has 1 aliphatic heterocycles. The maximum atomic E-state index is 13.3. The molecule has 1 amide bonds. The molecule has 0 unspecified atom stereocenters. The van der Waals surface area contributed by atoms with Crippen molar-refractivity contribution >= 4 is 5.91 Å². The summed E-state index contributed by atoms with van der Waals surface area (Å²) in [5, 5.41) is 3.22. The molecule has 1 saturated heterocycles. The molecule has 0 spiro atoms.